The fourth-order valence-electron chi connectivity index (χ4n) is 3.46. The van der Waals surface area contributed by atoms with Crippen LogP contribution in [0.1, 0.15) is 6.92 Å². The maximum absolute atomic E-state index is 12.0. The van der Waals surface area contributed by atoms with E-state index in [1.807, 2.05) is 42.5 Å². The molecule has 2 aliphatic rings. The first-order valence-corrected chi connectivity index (χ1v) is 8.10. The molecule has 4 rings (SSSR count). The number of nitrogens with two attached hydrogens (primary N) is 1. The Kier molecular flexibility index (Phi) is 3.35. The fraction of sp³-hybridized carbons (Fsp3) is 0.0952. The van der Waals surface area contributed by atoms with E-state index in [-0.39, 0.29) is 5.43 Å². The molecule has 0 fully saturated rings. The zero-order chi connectivity index (χ0) is 16.7. The molecule has 1 heterocycles. The minimum Gasteiger partial charge on any atom is -0.399 e. The highest BCUT2D eigenvalue weighted by atomic mass is 16.1. The number of hydrogen-bond donors (Lipinski definition) is 1. The van der Waals surface area contributed by atoms with Crippen LogP contribution in [-0.4, -0.2) is 4.57 Å². The Labute approximate surface area is 140 Å². The molecule has 0 aromatic heterocycles. The smallest absolute Gasteiger partial charge is 0.180 e. The van der Waals surface area contributed by atoms with Crippen LogP contribution in [0.4, 0.5) is 5.69 Å². The summed E-state index contributed by atoms with van der Waals surface area (Å²) in [6, 6.07) is 21.5. The van der Waals surface area contributed by atoms with Crippen molar-refractivity contribution < 1.29 is 0 Å². The van der Waals surface area contributed by atoms with E-state index in [2.05, 4.69) is 23.6 Å². The van der Waals surface area contributed by atoms with Crippen molar-refractivity contribution >= 4 is 16.5 Å². The van der Waals surface area contributed by atoms with Gasteiger partial charge in [-0.05, 0) is 42.1 Å². The predicted molar refractivity (Wildman–Crippen MR) is 100 cm³/mol. The quantitative estimate of drug-likeness (QED) is 0.441. The van der Waals surface area contributed by atoms with Gasteiger partial charge in [0.1, 0.15) is 0 Å². The molecule has 0 bridgehead atoms. The van der Waals surface area contributed by atoms with E-state index >= 15 is 0 Å². The van der Waals surface area contributed by atoms with Gasteiger partial charge in [-0.2, -0.15) is 0 Å². The maximum atomic E-state index is 12.0. The van der Waals surface area contributed by atoms with Gasteiger partial charge in [-0.3, -0.25) is 4.79 Å². The Hall–Kier alpha value is -3.07. The van der Waals surface area contributed by atoms with Crippen LogP contribution in [0.3, 0.4) is 0 Å². The van der Waals surface area contributed by atoms with Gasteiger partial charge in [-0.15, -0.1) is 0 Å². The third-order valence-electron chi connectivity index (χ3n) is 4.48. The Morgan fingerprint density at radius 2 is 1.71 bits per heavy atom. The Balaban J connectivity index is 2.28. The second-order valence-corrected chi connectivity index (χ2v) is 5.94. The van der Waals surface area contributed by atoms with Crippen molar-refractivity contribution in [1.82, 2.24) is 4.57 Å². The second-order valence-electron chi connectivity index (χ2n) is 5.94. The Morgan fingerprint density at radius 3 is 2.46 bits per heavy atom. The fourth-order valence-corrected chi connectivity index (χ4v) is 3.46. The van der Waals surface area contributed by atoms with Crippen molar-refractivity contribution in [2.45, 2.75) is 13.5 Å². The average Bonchev–Trinajstić information content (AvgIpc) is 2.61. The van der Waals surface area contributed by atoms with E-state index in [4.69, 9.17) is 5.73 Å². The summed E-state index contributed by atoms with van der Waals surface area (Å²) in [6.45, 7) is 2.87. The molecule has 2 N–H and O–H groups in total. The van der Waals surface area contributed by atoms with Crippen molar-refractivity contribution in [2.24, 2.45) is 0 Å². The van der Waals surface area contributed by atoms with Gasteiger partial charge >= 0.3 is 0 Å². The summed E-state index contributed by atoms with van der Waals surface area (Å²) in [7, 11) is 0. The third-order valence-corrected chi connectivity index (χ3v) is 4.48. The number of rotatable bonds is 2. The lowest BCUT2D eigenvalue weighted by Gasteiger charge is -2.23. The molecule has 0 amide bonds. The van der Waals surface area contributed by atoms with Gasteiger partial charge in [0, 0.05) is 29.2 Å². The van der Waals surface area contributed by atoms with Gasteiger partial charge in [-0.1, -0.05) is 36.4 Å². The molecule has 0 saturated carbocycles. The van der Waals surface area contributed by atoms with Gasteiger partial charge < -0.3 is 10.3 Å². The number of benzene rings is 3. The van der Waals surface area contributed by atoms with Crippen LogP contribution in [0.2, 0.25) is 0 Å². The molecule has 0 spiro atoms. The first kappa shape index (κ1) is 14.5. The van der Waals surface area contributed by atoms with E-state index in [0.29, 0.717) is 0 Å². The summed E-state index contributed by atoms with van der Waals surface area (Å²) in [5, 5.41) is 2.22. The van der Waals surface area contributed by atoms with Gasteiger partial charge in [0.2, 0.25) is 0 Å². The molecule has 118 valence electrons. The van der Waals surface area contributed by atoms with E-state index in [9.17, 15) is 4.79 Å². The minimum atomic E-state index is 0.0264. The van der Waals surface area contributed by atoms with Gasteiger partial charge in [-0.25, -0.2) is 0 Å². The number of fused-ring (bicyclic) bond motifs is 3. The van der Waals surface area contributed by atoms with Crippen molar-refractivity contribution in [1.29, 1.82) is 0 Å². The van der Waals surface area contributed by atoms with Crippen LogP contribution in [0.5, 0.6) is 0 Å². The molecule has 3 heteroatoms. The normalized spacial score (nSPS) is 11.2. The first-order valence-electron chi connectivity index (χ1n) is 8.10. The lowest BCUT2D eigenvalue weighted by molar-refractivity contribution is 0.777. The van der Waals surface area contributed by atoms with Crippen LogP contribution in [-0.2, 0) is 6.54 Å². The SMILES string of the molecule is CCn1c2cc(=O)ccc-2c2ccc(N)cc2c1-c1ccccc1. The van der Waals surface area contributed by atoms with Crippen molar-refractivity contribution in [3.05, 3.63) is 77.0 Å². The summed E-state index contributed by atoms with van der Waals surface area (Å²) >= 11 is 0. The Bertz CT molecular complexity index is 1060. The molecular formula is C21H18N2O. The van der Waals surface area contributed by atoms with Crippen molar-refractivity contribution in [3.63, 3.8) is 0 Å². The summed E-state index contributed by atoms with van der Waals surface area (Å²) < 4.78 is 2.20. The van der Waals surface area contributed by atoms with Gasteiger partial charge in [0.05, 0.1) is 11.4 Å². The van der Waals surface area contributed by atoms with Crippen LogP contribution in [0, 0.1) is 0 Å². The molecule has 2 aromatic rings. The molecule has 0 atom stereocenters. The highest BCUT2D eigenvalue weighted by molar-refractivity contribution is 6.05. The summed E-state index contributed by atoms with van der Waals surface area (Å²) in [5.74, 6) is 0. The lowest BCUT2D eigenvalue weighted by Crippen LogP contribution is -2.11. The predicted octanol–water partition coefficient (Wildman–Crippen LogP) is 4.38. The molecule has 0 radical (unpaired) electrons. The number of aromatic nitrogens is 1. The maximum Gasteiger partial charge on any atom is 0.180 e. The molecule has 1 aliphatic heterocycles. The highest BCUT2D eigenvalue weighted by Crippen LogP contribution is 2.38. The summed E-state index contributed by atoms with van der Waals surface area (Å²) in [6.07, 6.45) is 0. The third kappa shape index (κ3) is 2.17. The summed E-state index contributed by atoms with van der Waals surface area (Å²) in [4.78, 5) is 12.0. The lowest BCUT2D eigenvalue weighted by atomic mass is 9.95. The van der Waals surface area contributed by atoms with E-state index in [1.165, 1.54) is 0 Å². The van der Waals surface area contributed by atoms with E-state index in [0.717, 1.165) is 45.5 Å². The first-order chi connectivity index (χ1) is 11.7. The molecule has 3 nitrogen and oxygen atoms in total. The molecule has 2 aromatic carbocycles. The van der Waals surface area contributed by atoms with Crippen LogP contribution >= 0.6 is 0 Å². The van der Waals surface area contributed by atoms with Gasteiger partial charge in [0.15, 0.2) is 5.43 Å². The second kappa shape index (κ2) is 5.53. The van der Waals surface area contributed by atoms with Crippen LogP contribution in [0.25, 0.3) is 33.3 Å². The minimum absolute atomic E-state index is 0.0264. The zero-order valence-electron chi connectivity index (χ0n) is 13.5. The number of nitrogens with zero attached hydrogens (tertiary/aromatic N) is 1. The van der Waals surface area contributed by atoms with Crippen LogP contribution in [0.15, 0.2) is 71.5 Å². The standard InChI is InChI=1S/C21H18N2O/c1-2-23-20-13-16(24)9-11-18(20)17-10-8-15(22)12-19(17)21(23)14-6-4-3-5-7-14/h3-13H,2,22H2,1H3. The van der Waals surface area contributed by atoms with E-state index < -0.39 is 0 Å². The molecule has 1 aliphatic carbocycles. The number of pyridine rings is 1. The molecule has 24 heavy (non-hydrogen) atoms. The van der Waals surface area contributed by atoms with Crippen molar-refractivity contribution in [3.8, 4) is 22.5 Å². The highest BCUT2D eigenvalue weighted by Gasteiger charge is 2.18. The monoisotopic (exact) mass is 314 g/mol. The van der Waals surface area contributed by atoms with E-state index in [1.54, 1.807) is 12.1 Å². The number of nitrogen functional groups attached to an aromatic ring is 1. The Morgan fingerprint density at radius 1 is 0.917 bits per heavy atom. The largest absolute Gasteiger partial charge is 0.399 e. The number of hydrogen-bond acceptors (Lipinski definition) is 2. The number of anilines is 1. The average molecular weight is 314 g/mol. The van der Waals surface area contributed by atoms with Crippen LogP contribution < -0.4 is 11.2 Å². The zero-order valence-corrected chi connectivity index (χ0v) is 13.5. The molecule has 0 unspecified atom stereocenters. The van der Waals surface area contributed by atoms with Crippen molar-refractivity contribution in [2.75, 3.05) is 5.73 Å². The topological polar surface area (TPSA) is 48.0 Å². The summed E-state index contributed by atoms with van der Waals surface area (Å²) in [5.41, 5.74) is 11.1. The van der Waals surface area contributed by atoms with Gasteiger partial charge in [0.25, 0.3) is 0 Å². The molecule has 0 saturated heterocycles. The molecular weight excluding hydrogens is 296 g/mol.